The van der Waals surface area contributed by atoms with E-state index in [4.69, 9.17) is 11.2 Å². The smallest absolute Gasteiger partial charge is 0.138 e. The van der Waals surface area contributed by atoms with E-state index in [1.54, 1.807) is 0 Å². The summed E-state index contributed by atoms with van der Waals surface area (Å²) in [6, 6.07) is 9.63. The molecule has 1 aliphatic carbocycles. The van der Waals surface area contributed by atoms with Gasteiger partial charge in [0.05, 0.1) is 0 Å². The van der Waals surface area contributed by atoms with Gasteiger partial charge in [-0.2, -0.15) is 0 Å². The molecule has 0 bridgehead atoms. The van der Waals surface area contributed by atoms with Gasteiger partial charge in [0.15, 0.2) is 0 Å². The van der Waals surface area contributed by atoms with Crippen LogP contribution in [0.3, 0.4) is 0 Å². The zero-order valence-corrected chi connectivity index (χ0v) is 8.31. The average molecular weight is 195 g/mol. The fraction of sp³-hybridized carbons (Fsp3) is 0.0714. The molecule has 0 heterocycles. The molecule has 0 aromatic heterocycles. The van der Waals surface area contributed by atoms with Gasteiger partial charge in [-0.1, -0.05) is 30.2 Å². The van der Waals surface area contributed by atoms with E-state index >= 15 is 0 Å². The Balaban J connectivity index is 2.22. The Labute approximate surface area is 90.1 Å². The highest BCUT2D eigenvalue weighted by molar-refractivity contribution is 5.44. The summed E-state index contributed by atoms with van der Waals surface area (Å²) in [5.74, 6) is 4.17. The second-order valence-corrected chi connectivity index (χ2v) is 3.18. The Bertz CT molecular complexity index is 432. The number of terminal acetylenes is 1. The molecule has 0 atom stereocenters. The normalized spacial score (nSPS) is 14.9. The molecule has 1 aromatic rings. The van der Waals surface area contributed by atoms with Gasteiger partial charge in [-0.25, -0.2) is 0 Å². The van der Waals surface area contributed by atoms with Gasteiger partial charge in [0.1, 0.15) is 11.5 Å². The molecule has 0 amide bonds. The number of allylic oxidation sites excluding steroid dienone is 3. The van der Waals surface area contributed by atoms with Crippen molar-refractivity contribution in [3.8, 4) is 18.1 Å². The van der Waals surface area contributed by atoms with Crippen LogP contribution in [-0.2, 0) is 0 Å². The second-order valence-electron chi connectivity index (χ2n) is 3.18. The van der Waals surface area contributed by atoms with Crippen molar-refractivity contribution in [2.75, 3.05) is 0 Å². The van der Waals surface area contributed by atoms with Crippen LogP contribution < -0.4 is 4.74 Å². The SMILES string of the molecule is C#CC1=C(Oc2ccccc2)C=CC[CH]1. The largest absolute Gasteiger partial charge is 0.456 e. The molecule has 0 aliphatic heterocycles. The molecule has 15 heavy (non-hydrogen) atoms. The highest BCUT2D eigenvalue weighted by Gasteiger charge is 2.08. The molecule has 0 spiro atoms. The Kier molecular flexibility index (Phi) is 2.90. The van der Waals surface area contributed by atoms with Crippen molar-refractivity contribution < 1.29 is 4.74 Å². The highest BCUT2D eigenvalue weighted by Crippen LogP contribution is 2.21. The summed E-state index contributed by atoms with van der Waals surface area (Å²) < 4.78 is 5.68. The van der Waals surface area contributed by atoms with Crippen molar-refractivity contribution in [1.82, 2.24) is 0 Å². The lowest BCUT2D eigenvalue weighted by Gasteiger charge is -2.12. The Hall–Kier alpha value is -1.94. The van der Waals surface area contributed by atoms with Gasteiger partial charge in [0, 0.05) is 12.0 Å². The Morgan fingerprint density at radius 1 is 1.20 bits per heavy atom. The van der Waals surface area contributed by atoms with Crippen LogP contribution in [0.4, 0.5) is 0 Å². The average Bonchev–Trinajstić information content (AvgIpc) is 2.31. The van der Waals surface area contributed by atoms with Crippen molar-refractivity contribution in [3.63, 3.8) is 0 Å². The molecule has 1 aromatic carbocycles. The minimum atomic E-state index is 0.745. The van der Waals surface area contributed by atoms with E-state index in [2.05, 4.69) is 5.92 Å². The molecule has 0 saturated carbocycles. The van der Waals surface area contributed by atoms with E-state index in [1.165, 1.54) is 0 Å². The summed E-state index contributed by atoms with van der Waals surface area (Å²) in [7, 11) is 0. The first-order chi connectivity index (χ1) is 7.40. The van der Waals surface area contributed by atoms with Crippen LogP contribution >= 0.6 is 0 Å². The van der Waals surface area contributed by atoms with Crippen LogP contribution in [0.15, 0.2) is 53.8 Å². The molecule has 1 heteroatoms. The standard InChI is InChI=1S/C14H11O/c1-2-12-8-6-7-11-14(12)15-13-9-4-3-5-10-13/h1,3-5,7-11H,6H2. The molecular formula is C14H11O. The summed E-state index contributed by atoms with van der Waals surface area (Å²) >= 11 is 0. The van der Waals surface area contributed by atoms with Crippen LogP contribution in [-0.4, -0.2) is 0 Å². The van der Waals surface area contributed by atoms with Gasteiger partial charge in [-0.15, -0.1) is 6.42 Å². The van der Waals surface area contributed by atoms with Crippen molar-refractivity contribution in [1.29, 1.82) is 0 Å². The number of hydrogen-bond acceptors (Lipinski definition) is 1. The third kappa shape index (κ3) is 2.30. The fourth-order valence-electron chi connectivity index (χ4n) is 1.39. The van der Waals surface area contributed by atoms with Gasteiger partial charge in [0.2, 0.25) is 0 Å². The summed E-state index contributed by atoms with van der Waals surface area (Å²) in [6.45, 7) is 0. The zero-order chi connectivity index (χ0) is 10.5. The maximum atomic E-state index is 5.68. The number of hydrogen-bond donors (Lipinski definition) is 0. The van der Waals surface area contributed by atoms with Gasteiger partial charge in [-0.05, 0) is 24.6 Å². The summed E-state index contributed by atoms with van der Waals surface area (Å²) in [4.78, 5) is 0. The third-order valence-electron chi connectivity index (χ3n) is 2.12. The Morgan fingerprint density at radius 3 is 2.73 bits per heavy atom. The van der Waals surface area contributed by atoms with E-state index < -0.39 is 0 Å². The summed E-state index contributed by atoms with van der Waals surface area (Å²) in [5, 5.41) is 0. The molecule has 0 N–H and O–H groups in total. The molecule has 1 aliphatic rings. The number of rotatable bonds is 2. The van der Waals surface area contributed by atoms with E-state index in [0.717, 1.165) is 23.5 Å². The monoisotopic (exact) mass is 195 g/mol. The first kappa shape index (κ1) is 9.61. The van der Waals surface area contributed by atoms with E-state index in [1.807, 2.05) is 48.9 Å². The topological polar surface area (TPSA) is 9.23 Å². The highest BCUT2D eigenvalue weighted by atomic mass is 16.5. The van der Waals surface area contributed by atoms with Gasteiger partial charge < -0.3 is 4.74 Å². The number of ether oxygens (including phenoxy) is 1. The first-order valence-electron chi connectivity index (χ1n) is 4.83. The predicted octanol–water partition coefficient (Wildman–Crippen LogP) is 3.12. The van der Waals surface area contributed by atoms with Crippen LogP contribution in [0.1, 0.15) is 6.42 Å². The van der Waals surface area contributed by atoms with Crippen molar-refractivity contribution in [2.24, 2.45) is 0 Å². The van der Waals surface area contributed by atoms with Crippen LogP contribution in [0.5, 0.6) is 5.75 Å². The molecule has 1 nitrogen and oxygen atoms in total. The second kappa shape index (κ2) is 4.52. The lowest BCUT2D eigenvalue weighted by atomic mass is 10.0. The molecule has 2 rings (SSSR count). The summed E-state index contributed by atoms with van der Waals surface area (Å²) in [5.41, 5.74) is 0.821. The fourth-order valence-corrected chi connectivity index (χ4v) is 1.39. The number of para-hydroxylation sites is 1. The molecular weight excluding hydrogens is 184 g/mol. The van der Waals surface area contributed by atoms with Gasteiger partial charge in [0.25, 0.3) is 0 Å². The quantitative estimate of drug-likeness (QED) is 0.659. The van der Waals surface area contributed by atoms with Crippen molar-refractivity contribution >= 4 is 0 Å². The summed E-state index contributed by atoms with van der Waals surface area (Å²) in [6.07, 6.45) is 12.2. The maximum Gasteiger partial charge on any atom is 0.138 e. The minimum absolute atomic E-state index is 0.745. The Morgan fingerprint density at radius 2 is 2.00 bits per heavy atom. The van der Waals surface area contributed by atoms with E-state index in [0.29, 0.717) is 0 Å². The first-order valence-corrected chi connectivity index (χ1v) is 4.83. The van der Waals surface area contributed by atoms with Gasteiger partial charge in [-0.3, -0.25) is 0 Å². The van der Waals surface area contributed by atoms with Gasteiger partial charge >= 0.3 is 0 Å². The maximum absolute atomic E-state index is 5.68. The van der Waals surface area contributed by atoms with Crippen LogP contribution in [0.25, 0.3) is 0 Å². The zero-order valence-electron chi connectivity index (χ0n) is 8.31. The molecule has 0 unspecified atom stereocenters. The van der Waals surface area contributed by atoms with Crippen molar-refractivity contribution in [2.45, 2.75) is 6.42 Å². The lowest BCUT2D eigenvalue weighted by Crippen LogP contribution is -2.00. The minimum Gasteiger partial charge on any atom is -0.456 e. The van der Waals surface area contributed by atoms with Crippen LogP contribution in [0, 0.1) is 18.8 Å². The molecule has 0 fully saturated rings. The molecule has 73 valence electrons. The molecule has 0 saturated heterocycles. The van der Waals surface area contributed by atoms with E-state index in [-0.39, 0.29) is 0 Å². The van der Waals surface area contributed by atoms with Crippen LogP contribution in [0.2, 0.25) is 0 Å². The van der Waals surface area contributed by atoms with Crippen molar-refractivity contribution in [3.05, 3.63) is 60.2 Å². The van der Waals surface area contributed by atoms with E-state index in [9.17, 15) is 0 Å². The lowest BCUT2D eigenvalue weighted by molar-refractivity contribution is 0.439. The predicted molar refractivity (Wildman–Crippen MR) is 61.0 cm³/mol. The third-order valence-corrected chi connectivity index (χ3v) is 2.12. The number of benzene rings is 1. The molecule has 1 radical (unpaired) electrons.